The molecule has 2 amide bonds. The van der Waals surface area contributed by atoms with E-state index < -0.39 is 18.5 Å². The Labute approximate surface area is 175 Å². The molecule has 1 aromatic heterocycles. The number of benzene rings is 1. The fourth-order valence-electron chi connectivity index (χ4n) is 2.82. The van der Waals surface area contributed by atoms with Crippen molar-refractivity contribution in [1.29, 1.82) is 0 Å². The van der Waals surface area contributed by atoms with Crippen molar-refractivity contribution in [2.75, 3.05) is 18.5 Å². The molecule has 7 heteroatoms. The van der Waals surface area contributed by atoms with Crippen LogP contribution in [0.2, 0.25) is 0 Å². The number of carbonyl (C=O) groups excluding carboxylic acids is 3. The third-order valence-corrected chi connectivity index (χ3v) is 5.83. The normalized spacial score (nSPS) is 10.5. The molecule has 156 valence electrons. The molecule has 0 unspecified atom stereocenters. The van der Waals surface area contributed by atoms with Gasteiger partial charge in [0.05, 0.1) is 6.54 Å². The first kappa shape index (κ1) is 22.6. The van der Waals surface area contributed by atoms with Crippen molar-refractivity contribution in [3.05, 3.63) is 50.7 Å². The smallest absolute Gasteiger partial charge is 0.348 e. The molecule has 0 atom stereocenters. The number of rotatable bonds is 9. The van der Waals surface area contributed by atoms with Crippen LogP contribution in [-0.2, 0) is 27.2 Å². The highest BCUT2D eigenvalue weighted by molar-refractivity contribution is 7.14. The van der Waals surface area contributed by atoms with Gasteiger partial charge in [-0.25, -0.2) is 4.79 Å². The van der Waals surface area contributed by atoms with Crippen LogP contribution in [0.15, 0.2) is 24.3 Å². The van der Waals surface area contributed by atoms with Crippen LogP contribution in [0.4, 0.5) is 5.69 Å². The Morgan fingerprint density at radius 2 is 1.86 bits per heavy atom. The van der Waals surface area contributed by atoms with Gasteiger partial charge in [0.1, 0.15) is 4.88 Å². The molecular formula is C22H28N2O4S. The molecule has 0 aliphatic rings. The molecule has 0 saturated carbocycles. The summed E-state index contributed by atoms with van der Waals surface area (Å²) in [6.45, 7) is 7.42. The molecule has 0 bridgehead atoms. The summed E-state index contributed by atoms with van der Waals surface area (Å²) in [7, 11) is 0. The van der Waals surface area contributed by atoms with Gasteiger partial charge in [-0.1, -0.05) is 32.4 Å². The lowest BCUT2D eigenvalue weighted by molar-refractivity contribution is -0.126. The van der Waals surface area contributed by atoms with Crippen molar-refractivity contribution in [3.63, 3.8) is 0 Å². The summed E-state index contributed by atoms with van der Waals surface area (Å²) in [4.78, 5) is 37.9. The maximum absolute atomic E-state index is 12.2. The van der Waals surface area contributed by atoms with Crippen LogP contribution in [0.1, 0.15) is 51.5 Å². The summed E-state index contributed by atoms with van der Waals surface area (Å²) in [6.07, 6.45) is 2.79. The number of nitrogens with one attached hydrogen (secondary N) is 2. The Morgan fingerprint density at radius 3 is 2.55 bits per heavy atom. The van der Waals surface area contributed by atoms with Gasteiger partial charge in [0.25, 0.3) is 5.91 Å². The average Bonchev–Trinajstić information content (AvgIpc) is 3.11. The topological polar surface area (TPSA) is 84.5 Å². The van der Waals surface area contributed by atoms with Crippen molar-refractivity contribution >= 4 is 34.8 Å². The van der Waals surface area contributed by atoms with Gasteiger partial charge in [-0.15, -0.1) is 11.3 Å². The van der Waals surface area contributed by atoms with Gasteiger partial charge in [0.15, 0.2) is 6.61 Å². The van der Waals surface area contributed by atoms with E-state index in [9.17, 15) is 14.4 Å². The first-order chi connectivity index (χ1) is 13.8. The van der Waals surface area contributed by atoms with Gasteiger partial charge >= 0.3 is 5.97 Å². The van der Waals surface area contributed by atoms with Crippen LogP contribution in [0.25, 0.3) is 0 Å². The number of anilines is 1. The Bertz CT molecular complexity index is 889. The lowest BCUT2D eigenvalue weighted by Gasteiger charge is -2.11. The first-order valence-corrected chi connectivity index (χ1v) is 10.6. The maximum Gasteiger partial charge on any atom is 0.348 e. The molecule has 0 saturated heterocycles. The van der Waals surface area contributed by atoms with Crippen molar-refractivity contribution in [1.82, 2.24) is 5.32 Å². The van der Waals surface area contributed by atoms with Crippen molar-refractivity contribution < 1.29 is 19.1 Å². The molecule has 0 aliphatic carbocycles. The predicted octanol–water partition coefficient (Wildman–Crippen LogP) is 3.79. The van der Waals surface area contributed by atoms with E-state index in [2.05, 4.69) is 17.6 Å². The number of esters is 1. The second-order valence-electron chi connectivity index (χ2n) is 6.81. The molecule has 1 aromatic carbocycles. The summed E-state index contributed by atoms with van der Waals surface area (Å²) in [5, 5.41) is 5.23. The predicted molar refractivity (Wildman–Crippen MR) is 116 cm³/mol. The number of hydrogen-bond donors (Lipinski definition) is 2. The van der Waals surface area contributed by atoms with Crippen LogP contribution in [0.3, 0.4) is 0 Å². The molecule has 0 aliphatic heterocycles. The standard InChI is InChI=1S/C22H28N2O4S/c1-5-8-18-16(6-2)11-19(29-18)22(27)28-13-21(26)23-12-20(25)24-17-10-7-9-14(3)15(17)4/h7,9-11H,5-6,8,12-13H2,1-4H3,(H,23,26)(H,24,25). The highest BCUT2D eigenvalue weighted by Crippen LogP contribution is 2.25. The van der Waals surface area contributed by atoms with E-state index in [4.69, 9.17) is 4.74 Å². The third-order valence-electron chi connectivity index (χ3n) is 4.61. The Hall–Kier alpha value is -2.67. The van der Waals surface area contributed by atoms with E-state index in [1.54, 1.807) is 0 Å². The second-order valence-corrected chi connectivity index (χ2v) is 7.95. The van der Waals surface area contributed by atoms with Gasteiger partial charge in [0.2, 0.25) is 5.91 Å². The number of thiophene rings is 1. The molecule has 6 nitrogen and oxygen atoms in total. The third kappa shape index (κ3) is 6.42. The molecule has 2 N–H and O–H groups in total. The van der Waals surface area contributed by atoms with Crippen LogP contribution >= 0.6 is 11.3 Å². The van der Waals surface area contributed by atoms with Crippen LogP contribution in [0, 0.1) is 13.8 Å². The van der Waals surface area contributed by atoms with Crippen molar-refractivity contribution in [3.8, 4) is 0 Å². The summed E-state index contributed by atoms with van der Waals surface area (Å²) >= 11 is 1.42. The lowest BCUT2D eigenvalue weighted by atomic mass is 10.1. The zero-order valence-corrected chi connectivity index (χ0v) is 18.2. The molecule has 1 heterocycles. The number of ether oxygens (including phenoxy) is 1. The van der Waals surface area contributed by atoms with E-state index in [-0.39, 0.29) is 12.5 Å². The van der Waals surface area contributed by atoms with E-state index in [0.717, 1.165) is 36.0 Å². The summed E-state index contributed by atoms with van der Waals surface area (Å²) in [5.74, 6) is -1.37. The quantitative estimate of drug-likeness (QED) is 0.609. The highest BCUT2D eigenvalue weighted by atomic mass is 32.1. The SMILES string of the molecule is CCCc1sc(C(=O)OCC(=O)NCC(=O)Nc2cccc(C)c2C)cc1CC. The number of amides is 2. The Morgan fingerprint density at radius 1 is 1.10 bits per heavy atom. The number of carbonyl (C=O) groups is 3. The fourth-order valence-corrected chi connectivity index (χ4v) is 4.07. The van der Waals surface area contributed by atoms with Gasteiger partial charge in [-0.2, -0.15) is 0 Å². The highest BCUT2D eigenvalue weighted by Gasteiger charge is 2.16. The van der Waals surface area contributed by atoms with E-state index in [0.29, 0.717) is 10.6 Å². The Kier molecular flexibility index (Phi) is 8.39. The summed E-state index contributed by atoms with van der Waals surface area (Å²) in [6, 6.07) is 7.47. The maximum atomic E-state index is 12.2. The van der Waals surface area contributed by atoms with Gasteiger partial charge in [-0.05, 0) is 55.5 Å². The first-order valence-electron chi connectivity index (χ1n) is 9.77. The minimum Gasteiger partial charge on any atom is -0.451 e. The molecule has 2 rings (SSSR count). The summed E-state index contributed by atoms with van der Waals surface area (Å²) < 4.78 is 5.09. The molecule has 0 radical (unpaired) electrons. The summed E-state index contributed by atoms with van der Waals surface area (Å²) in [5.41, 5.74) is 3.91. The van der Waals surface area contributed by atoms with E-state index in [1.807, 2.05) is 45.0 Å². The van der Waals surface area contributed by atoms with E-state index in [1.165, 1.54) is 16.2 Å². The molecular weight excluding hydrogens is 388 g/mol. The van der Waals surface area contributed by atoms with Crippen molar-refractivity contribution in [2.24, 2.45) is 0 Å². The van der Waals surface area contributed by atoms with Crippen molar-refractivity contribution in [2.45, 2.75) is 47.0 Å². The monoisotopic (exact) mass is 416 g/mol. The van der Waals surface area contributed by atoms with Crippen LogP contribution in [-0.4, -0.2) is 30.9 Å². The van der Waals surface area contributed by atoms with Gasteiger partial charge in [0, 0.05) is 10.6 Å². The molecule has 0 fully saturated rings. The molecule has 2 aromatic rings. The Balaban J connectivity index is 1.80. The molecule has 29 heavy (non-hydrogen) atoms. The zero-order chi connectivity index (χ0) is 21.4. The minimum atomic E-state index is -0.518. The number of hydrogen-bond acceptors (Lipinski definition) is 5. The zero-order valence-electron chi connectivity index (χ0n) is 17.4. The minimum absolute atomic E-state index is 0.191. The van der Waals surface area contributed by atoms with Gasteiger partial charge in [-0.3, -0.25) is 9.59 Å². The van der Waals surface area contributed by atoms with E-state index >= 15 is 0 Å². The van der Waals surface area contributed by atoms with Gasteiger partial charge < -0.3 is 15.4 Å². The number of aryl methyl sites for hydroxylation is 3. The largest absolute Gasteiger partial charge is 0.451 e. The second kappa shape index (κ2) is 10.8. The average molecular weight is 417 g/mol. The van der Waals surface area contributed by atoms with Crippen LogP contribution < -0.4 is 10.6 Å². The lowest BCUT2D eigenvalue weighted by Crippen LogP contribution is -2.35. The molecule has 0 spiro atoms. The fraction of sp³-hybridized carbons (Fsp3) is 0.409. The van der Waals surface area contributed by atoms with Crippen LogP contribution in [0.5, 0.6) is 0 Å².